The van der Waals surface area contributed by atoms with E-state index >= 15 is 0 Å². The molecule has 2 fully saturated rings. The Morgan fingerprint density at radius 3 is 1.36 bits per heavy atom. The van der Waals surface area contributed by atoms with E-state index in [9.17, 15) is 54.3 Å². The molecule has 2 aliphatic heterocycles. The second-order valence-electron chi connectivity index (χ2n) is 25.6. The van der Waals surface area contributed by atoms with Crippen LogP contribution in [-0.4, -0.2) is 153 Å². The van der Waals surface area contributed by atoms with Crippen LogP contribution < -0.4 is 16.4 Å². The average Bonchev–Trinajstić information content (AvgIpc) is 2.69. The summed E-state index contributed by atoms with van der Waals surface area (Å²) in [6.07, 6.45) is 29.3. The third kappa shape index (κ3) is 40.3. The molecule has 2 rings (SSSR count). The van der Waals surface area contributed by atoms with Crippen LogP contribution in [0.25, 0.3) is 0 Å². The fourth-order valence-electron chi connectivity index (χ4n) is 12.0. The molecule has 0 radical (unpaired) electrons. The molecule has 0 spiro atoms. The number of carbonyl (C=O) groups excluding carboxylic acids is 3. The number of ether oxygens (including phenoxy) is 5. The van der Waals surface area contributed by atoms with Gasteiger partial charge in [-0.1, -0.05) is 252 Å². The molecule has 21 heteroatoms. The summed E-state index contributed by atoms with van der Waals surface area (Å²) in [6.45, 7) is 6.05. The largest absolute Gasteiger partial charge is 0.470 e. The average molecular weight is 1280 g/mol. The number of esters is 1. The third-order valence-electron chi connectivity index (χ3n) is 17.4. The Labute approximate surface area is 532 Å². The van der Waals surface area contributed by atoms with Crippen molar-refractivity contribution >= 4 is 25.6 Å². The van der Waals surface area contributed by atoms with Crippen LogP contribution in [0.4, 0.5) is 0 Å². The number of unbranched alkanes of at least 4 members (excludes halogenated alkanes) is 36. The van der Waals surface area contributed by atoms with Gasteiger partial charge in [0.25, 0.3) is 0 Å². The zero-order valence-corrected chi connectivity index (χ0v) is 56.2. The van der Waals surface area contributed by atoms with E-state index in [1.54, 1.807) is 0 Å². The molecule has 2 amide bonds. The molecular weight excluding hydrogens is 1150 g/mol. The van der Waals surface area contributed by atoms with Crippen LogP contribution in [0.3, 0.4) is 0 Å². The normalized spacial score (nSPS) is 23.0. The highest BCUT2D eigenvalue weighted by atomic mass is 31.2. The van der Waals surface area contributed by atoms with Crippen molar-refractivity contribution in [1.29, 1.82) is 0 Å². The van der Waals surface area contributed by atoms with E-state index < -0.39 is 112 Å². The lowest BCUT2D eigenvalue weighted by atomic mass is 9.95. The van der Waals surface area contributed by atoms with Crippen molar-refractivity contribution in [2.75, 3.05) is 26.4 Å². The highest BCUT2D eigenvalue weighted by Crippen LogP contribution is 2.42. The molecular formula is C67H130N3O17P. The van der Waals surface area contributed by atoms with E-state index in [1.165, 1.54) is 135 Å². The predicted octanol–water partition coefficient (Wildman–Crippen LogP) is 11.8. The van der Waals surface area contributed by atoms with Crippen LogP contribution >= 0.6 is 7.82 Å². The van der Waals surface area contributed by atoms with Crippen molar-refractivity contribution in [3.8, 4) is 0 Å². The number of hydrogen-bond donors (Lipinski definition) is 10. The van der Waals surface area contributed by atoms with E-state index in [-0.39, 0.29) is 25.9 Å². The van der Waals surface area contributed by atoms with Crippen LogP contribution in [0.5, 0.6) is 0 Å². The van der Waals surface area contributed by atoms with Crippen molar-refractivity contribution in [2.24, 2.45) is 5.73 Å². The van der Waals surface area contributed by atoms with Crippen molar-refractivity contribution in [3.05, 3.63) is 0 Å². The molecule has 12 atom stereocenters. The Hall–Kier alpha value is -1.88. The maximum Gasteiger partial charge on any atom is 0.470 e. The van der Waals surface area contributed by atoms with Gasteiger partial charge >= 0.3 is 13.8 Å². The fraction of sp³-hybridized carbons (Fsp3) is 0.955. The molecule has 0 aromatic carbocycles. The van der Waals surface area contributed by atoms with E-state index in [0.29, 0.717) is 32.1 Å². The first-order valence-electron chi connectivity index (χ1n) is 35.7. The molecule has 520 valence electrons. The van der Waals surface area contributed by atoms with Gasteiger partial charge in [0.15, 0.2) is 12.6 Å². The second kappa shape index (κ2) is 53.5. The number of phosphoric acid groups is 1. The van der Waals surface area contributed by atoms with Crippen LogP contribution in [0.1, 0.15) is 310 Å². The first-order chi connectivity index (χ1) is 42.6. The van der Waals surface area contributed by atoms with E-state index in [0.717, 1.165) is 109 Å². The monoisotopic (exact) mass is 1280 g/mol. The quantitative estimate of drug-likeness (QED) is 0.0154. The van der Waals surface area contributed by atoms with Crippen molar-refractivity contribution in [2.45, 2.75) is 383 Å². The summed E-state index contributed by atoms with van der Waals surface area (Å²) in [6, 6.07) is -2.87. The van der Waals surface area contributed by atoms with Gasteiger partial charge in [-0.05, 0) is 45.1 Å². The molecule has 11 N–H and O–H groups in total. The van der Waals surface area contributed by atoms with Gasteiger partial charge < -0.3 is 75.4 Å². The fourth-order valence-corrected chi connectivity index (χ4v) is 12.6. The minimum Gasteiger partial charge on any atom is -0.462 e. The summed E-state index contributed by atoms with van der Waals surface area (Å²) in [5.74, 6) is -1.69. The number of hydrogen-bond acceptors (Lipinski definition) is 16. The van der Waals surface area contributed by atoms with Gasteiger partial charge in [-0.3, -0.25) is 18.9 Å². The number of nitrogens with two attached hydrogens (primary N) is 1. The number of phosphoric ester groups is 1. The highest BCUT2D eigenvalue weighted by Gasteiger charge is 2.51. The van der Waals surface area contributed by atoms with Crippen molar-refractivity contribution < 1.29 is 82.5 Å². The minimum atomic E-state index is -5.32. The van der Waals surface area contributed by atoms with Crippen LogP contribution in [0.15, 0.2) is 0 Å². The molecule has 0 bridgehead atoms. The zero-order chi connectivity index (χ0) is 64.5. The summed E-state index contributed by atoms with van der Waals surface area (Å²) >= 11 is 0. The van der Waals surface area contributed by atoms with E-state index in [1.807, 2.05) is 0 Å². The number of carbonyl (C=O) groups is 3. The van der Waals surface area contributed by atoms with Crippen LogP contribution in [0.2, 0.25) is 0 Å². The topological polar surface area (TPSA) is 315 Å². The SMILES string of the molecule is CCCCCCCCCCCC(=O)O[C@H](CCCCCCCCCCC)CC(=O)N[C@H]1[C@H](OC[C@H]2O[C@H](OCCCCCCCCCCCCCCCN)[C@H](NC(=O)C[C@H](O)CCCCCCCCCCC)[C@@H](O)[C@@H]2O)O[C@H](CO)[C@@H](OP(=O)(O)O)[C@@H]1O. The van der Waals surface area contributed by atoms with Crippen LogP contribution in [0, 0.1) is 0 Å². The third-order valence-corrected chi connectivity index (χ3v) is 17.9. The van der Waals surface area contributed by atoms with Crippen molar-refractivity contribution in [1.82, 2.24) is 10.6 Å². The highest BCUT2D eigenvalue weighted by molar-refractivity contribution is 7.46. The maximum atomic E-state index is 14.1. The molecule has 2 aliphatic rings. The summed E-state index contributed by atoms with van der Waals surface area (Å²) in [5, 5.41) is 61.8. The lowest BCUT2D eigenvalue weighted by Gasteiger charge is -2.45. The first-order valence-corrected chi connectivity index (χ1v) is 37.2. The molecule has 2 saturated heterocycles. The molecule has 0 aromatic heterocycles. The molecule has 0 saturated carbocycles. The minimum absolute atomic E-state index is 0.193. The predicted molar refractivity (Wildman–Crippen MR) is 345 cm³/mol. The van der Waals surface area contributed by atoms with Crippen molar-refractivity contribution in [3.63, 3.8) is 0 Å². The smallest absolute Gasteiger partial charge is 0.462 e. The summed E-state index contributed by atoms with van der Waals surface area (Å²) in [7, 11) is -5.32. The molecule has 0 aromatic rings. The molecule has 0 aliphatic carbocycles. The van der Waals surface area contributed by atoms with Gasteiger partial charge in [0.2, 0.25) is 11.8 Å². The molecule has 2 heterocycles. The lowest BCUT2D eigenvalue weighted by molar-refractivity contribution is -0.302. The zero-order valence-electron chi connectivity index (χ0n) is 55.3. The molecule has 20 nitrogen and oxygen atoms in total. The van der Waals surface area contributed by atoms with Gasteiger partial charge in [-0.25, -0.2) is 4.57 Å². The van der Waals surface area contributed by atoms with Gasteiger partial charge in [0.1, 0.15) is 54.8 Å². The summed E-state index contributed by atoms with van der Waals surface area (Å²) in [4.78, 5) is 60.6. The molecule has 0 unspecified atom stereocenters. The summed E-state index contributed by atoms with van der Waals surface area (Å²) in [5.41, 5.74) is 5.61. The van der Waals surface area contributed by atoms with Gasteiger partial charge in [-0.2, -0.15) is 0 Å². The Balaban J connectivity index is 2.23. The van der Waals surface area contributed by atoms with Gasteiger partial charge in [0.05, 0.1) is 32.2 Å². The Kier molecular flexibility index (Phi) is 50.0. The van der Waals surface area contributed by atoms with E-state index in [4.69, 9.17) is 33.9 Å². The number of aliphatic hydroxyl groups is 5. The summed E-state index contributed by atoms with van der Waals surface area (Å²) < 4.78 is 47.7. The Bertz CT molecular complexity index is 1740. The number of rotatable bonds is 59. The molecule has 88 heavy (non-hydrogen) atoms. The second-order valence-corrected chi connectivity index (χ2v) is 26.8. The number of nitrogens with one attached hydrogen (secondary N) is 2. The standard InChI is InChI=1S/C67H130N3O17P/c1-4-7-10-13-16-24-29-34-39-44-53(72)49-57(73)69-60-63(77)62(76)56(86-66(60)82-48-43-38-33-28-23-21-19-20-22-27-32-37-42-47-68)52-83-67-61(64(78)65(55(51-71)85-67)87-88(79,80)81)70-58(74)50-54(45-40-35-30-25-17-14-11-8-5-2)84-59(75)46-41-36-31-26-18-15-12-9-6-3/h53-56,60-67,71-72,76-78H,4-52,68H2,1-3H3,(H,69,73)(H,70,74)(H2,79,80,81)/t53-,54-,55-,56-,60-,61-,62-,63-,64-,65-,66+,67-/m1/s1. The maximum absolute atomic E-state index is 14.1. The van der Waals surface area contributed by atoms with Crippen LogP contribution in [-0.2, 0) is 47.2 Å². The van der Waals surface area contributed by atoms with E-state index in [2.05, 4.69) is 31.4 Å². The van der Waals surface area contributed by atoms with Gasteiger partial charge in [0, 0.05) is 13.0 Å². The number of amides is 2. The van der Waals surface area contributed by atoms with Gasteiger partial charge in [-0.15, -0.1) is 0 Å². The first kappa shape index (κ1) is 82.2. The number of aliphatic hydroxyl groups excluding tert-OH is 5. The Morgan fingerprint density at radius 2 is 0.898 bits per heavy atom. The Morgan fingerprint density at radius 1 is 0.500 bits per heavy atom. The lowest BCUT2D eigenvalue weighted by Crippen LogP contribution is -2.67.